The number of pyridine rings is 1. The fraction of sp³-hybridized carbons (Fsp3) is 0.488. The Hall–Kier alpha value is -4.93. The van der Waals surface area contributed by atoms with Gasteiger partial charge in [0.25, 0.3) is 0 Å². The lowest BCUT2D eigenvalue weighted by molar-refractivity contribution is -0.147. The van der Waals surface area contributed by atoms with Gasteiger partial charge in [-0.05, 0) is 57.1 Å². The Balaban J connectivity index is 1.21. The van der Waals surface area contributed by atoms with E-state index < -0.39 is 35.5 Å². The van der Waals surface area contributed by atoms with E-state index in [1.165, 1.54) is 0 Å². The molecule has 5 atom stereocenters. The van der Waals surface area contributed by atoms with Crippen LogP contribution < -0.4 is 14.8 Å². The number of carboxylic acids is 1. The zero-order chi connectivity index (χ0) is 36.2. The lowest BCUT2D eigenvalue weighted by atomic mass is 9.94. The average molecular weight is 709 g/mol. The number of hydrogen-bond acceptors (Lipinski definition) is 7. The number of carbonyl (C=O) groups excluding carboxylic acids is 3. The van der Waals surface area contributed by atoms with Gasteiger partial charge in [0.2, 0.25) is 17.7 Å². The summed E-state index contributed by atoms with van der Waals surface area (Å²) in [4.78, 5) is 63.2. The van der Waals surface area contributed by atoms with Crippen LogP contribution in [0.2, 0.25) is 0 Å². The second kappa shape index (κ2) is 15.4. The molecule has 1 saturated carbocycles. The van der Waals surface area contributed by atoms with Gasteiger partial charge in [0.15, 0.2) is 0 Å². The molecule has 2 aromatic carbocycles. The third kappa shape index (κ3) is 7.49. The van der Waals surface area contributed by atoms with E-state index in [0.29, 0.717) is 48.6 Å². The van der Waals surface area contributed by atoms with E-state index in [2.05, 4.69) is 5.32 Å². The molecule has 7 rings (SSSR count). The second-order valence-corrected chi connectivity index (χ2v) is 14.7. The van der Waals surface area contributed by atoms with Crippen molar-refractivity contribution in [2.75, 3.05) is 26.7 Å². The van der Waals surface area contributed by atoms with Crippen LogP contribution in [0.5, 0.6) is 11.5 Å². The number of carboxylic acid groups (broad SMARTS) is 1. The largest absolute Gasteiger partial charge is 0.497 e. The van der Waals surface area contributed by atoms with Crippen molar-refractivity contribution in [1.29, 1.82) is 0 Å². The summed E-state index contributed by atoms with van der Waals surface area (Å²) in [5.74, 6) is -1.58. The fourth-order valence-electron chi connectivity index (χ4n) is 8.10. The van der Waals surface area contributed by atoms with Crippen LogP contribution in [-0.2, 0) is 19.2 Å². The molecule has 0 spiro atoms. The Morgan fingerprint density at radius 3 is 2.56 bits per heavy atom. The molecule has 1 aromatic heterocycles. The molecule has 3 fully saturated rings. The molecule has 2 N–H and O–H groups in total. The number of ether oxygens (including phenoxy) is 2. The van der Waals surface area contributed by atoms with Crippen LogP contribution in [0.4, 0.5) is 0 Å². The number of likely N-dealkylation sites (tertiary alicyclic amines) is 1. The summed E-state index contributed by atoms with van der Waals surface area (Å²) in [5, 5.41) is 13.9. The third-order valence-corrected chi connectivity index (χ3v) is 11.2. The van der Waals surface area contributed by atoms with E-state index in [1.54, 1.807) is 12.0 Å². The first-order valence-electron chi connectivity index (χ1n) is 18.8. The lowest BCUT2D eigenvalue weighted by Crippen LogP contribution is -2.54. The number of fused-ring (bicyclic) bond motifs is 3. The first-order chi connectivity index (χ1) is 25.3. The average Bonchev–Trinajstić information content (AvgIpc) is 3.70. The molecular weight excluding hydrogens is 660 g/mol. The first-order valence-corrected chi connectivity index (χ1v) is 18.8. The number of aliphatic carboxylic acids is 1. The van der Waals surface area contributed by atoms with Gasteiger partial charge in [0, 0.05) is 60.8 Å². The van der Waals surface area contributed by atoms with Gasteiger partial charge in [0.05, 0.1) is 24.9 Å². The molecule has 4 aliphatic rings. The second-order valence-electron chi connectivity index (χ2n) is 14.7. The highest BCUT2D eigenvalue weighted by Crippen LogP contribution is 2.45. The van der Waals surface area contributed by atoms with Gasteiger partial charge in [0.1, 0.15) is 29.2 Å². The minimum atomic E-state index is -1.41. The molecule has 52 heavy (non-hydrogen) atoms. The summed E-state index contributed by atoms with van der Waals surface area (Å²) in [7, 11) is 1.60. The maximum atomic E-state index is 14.6. The Kier molecular flexibility index (Phi) is 10.5. The van der Waals surface area contributed by atoms with Crippen molar-refractivity contribution < 1.29 is 33.8 Å². The molecule has 3 aliphatic heterocycles. The van der Waals surface area contributed by atoms with Gasteiger partial charge in [-0.2, -0.15) is 0 Å². The van der Waals surface area contributed by atoms with Crippen molar-refractivity contribution in [3.05, 3.63) is 66.7 Å². The van der Waals surface area contributed by atoms with E-state index in [4.69, 9.17) is 14.5 Å². The van der Waals surface area contributed by atoms with Gasteiger partial charge >= 0.3 is 5.97 Å². The molecule has 0 unspecified atom stereocenters. The number of methoxy groups -OCH3 is 1. The van der Waals surface area contributed by atoms with Crippen molar-refractivity contribution in [3.63, 3.8) is 0 Å². The minimum Gasteiger partial charge on any atom is -0.497 e. The monoisotopic (exact) mass is 708 g/mol. The number of piperidine rings is 1. The highest BCUT2D eigenvalue weighted by molar-refractivity contribution is 5.96. The van der Waals surface area contributed by atoms with Crippen LogP contribution >= 0.6 is 0 Å². The molecule has 0 bridgehead atoms. The predicted molar refractivity (Wildman–Crippen MR) is 196 cm³/mol. The standard InChI is InChI=1S/C41H48N4O7/c1-51-30-17-18-32-34(22-30)42-33(27-13-8-5-9-14-27)24-36(32)52-31-23-35-38(47)43-41(40(49)50)25-29(41)16-10-4-2-3-7-15-28(39(48)45(35)26-31)21-37(46)44-19-11-6-12-20-44/h5,8-10,13-14,16-18,22,24,28-29,31,35H,2-4,6-7,11-12,15,19-21,23,25-26H2,1H3,(H,43,47)(H,49,50)/t28-,29-,31-,35+,41-/m1/s1. The highest BCUT2D eigenvalue weighted by atomic mass is 16.5. The molecule has 3 amide bonds. The molecule has 4 heterocycles. The molecule has 274 valence electrons. The quantitative estimate of drug-likeness (QED) is 0.296. The normalized spacial score (nSPS) is 26.8. The Morgan fingerprint density at radius 1 is 1.00 bits per heavy atom. The highest BCUT2D eigenvalue weighted by Gasteiger charge is 2.61. The summed E-state index contributed by atoms with van der Waals surface area (Å²) in [5.41, 5.74) is 0.866. The summed E-state index contributed by atoms with van der Waals surface area (Å²) in [6.07, 6.45) is 10.8. The van der Waals surface area contributed by atoms with Crippen LogP contribution in [0, 0.1) is 11.8 Å². The Bertz CT molecular complexity index is 1840. The van der Waals surface area contributed by atoms with Gasteiger partial charge in [-0.3, -0.25) is 14.4 Å². The van der Waals surface area contributed by atoms with Crippen LogP contribution in [0.25, 0.3) is 22.2 Å². The van der Waals surface area contributed by atoms with E-state index in [-0.39, 0.29) is 37.1 Å². The van der Waals surface area contributed by atoms with Crippen molar-refractivity contribution in [1.82, 2.24) is 20.1 Å². The van der Waals surface area contributed by atoms with E-state index >= 15 is 0 Å². The van der Waals surface area contributed by atoms with E-state index in [0.717, 1.165) is 55.9 Å². The van der Waals surface area contributed by atoms with Crippen LogP contribution in [-0.4, -0.2) is 88.0 Å². The number of amides is 3. The summed E-state index contributed by atoms with van der Waals surface area (Å²) in [6, 6.07) is 16.2. The molecule has 3 aromatic rings. The number of carbonyl (C=O) groups is 4. The first kappa shape index (κ1) is 35.5. The number of hydrogen-bond donors (Lipinski definition) is 2. The Morgan fingerprint density at radius 2 is 1.79 bits per heavy atom. The number of benzene rings is 2. The van der Waals surface area contributed by atoms with Gasteiger partial charge < -0.3 is 29.7 Å². The SMILES string of the molecule is COc1ccc2c(O[C@@H]3C[C@H]4C(=O)N[C@]5(C(=O)O)C[C@H]5C=CCCCCC[C@H](CC(=O)N5CCCCC5)C(=O)N4C3)cc(-c3ccccc3)nc2c1. The predicted octanol–water partition coefficient (Wildman–Crippen LogP) is 5.76. The molecular formula is C41H48N4O7. The number of aromatic nitrogens is 1. The zero-order valence-corrected chi connectivity index (χ0v) is 29.8. The summed E-state index contributed by atoms with van der Waals surface area (Å²) < 4.78 is 12.2. The lowest BCUT2D eigenvalue weighted by Gasteiger charge is -2.31. The summed E-state index contributed by atoms with van der Waals surface area (Å²) in [6.45, 7) is 1.52. The molecule has 2 saturated heterocycles. The van der Waals surface area contributed by atoms with Crippen molar-refractivity contribution in [2.45, 2.75) is 88.3 Å². The van der Waals surface area contributed by atoms with Gasteiger partial charge in [-0.1, -0.05) is 55.3 Å². The number of nitrogens with one attached hydrogen (secondary N) is 1. The minimum absolute atomic E-state index is 0.0234. The topological polar surface area (TPSA) is 138 Å². The third-order valence-electron chi connectivity index (χ3n) is 11.2. The van der Waals surface area contributed by atoms with Crippen molar-refractivity contribution in [3.8, 4) is 22.8 Å². The molecule has 11 nitrogen and oxygen atoms in total. The van der Waals surface area contributed by atoms with Gasteiger partial charge in [-0.25, -0.2) is 9.78 Å². The molecule has 11 heteroatoms. The van der Waals surface area contributed by atoms with Crippen LogP contribution in [0.3, 0.4) is 0 Å². The number of rotatable bonds is 7. The smallest absolute Gasteiger partial charge is 0.330 e. The Labute approximate surface area is 304 Å². The summed E-state index contributed by atoms with van der Waals surface area (Å²) >= 11 is 0. The van der Waals surface area contributed by atoms with Crippen LogP contribution in [0.1, 0.15) is 70.6 Å². The van der Waals surface area contributed by atoms with E-state index in [1.807, 2.05) is 71.6 Å². The maximum Gasteiger partial charge on any atom is 0.330 e. The number of allylic oxidation sites excluding steroid dienone is 1. The van der Waals surface area contributed by atoms with E-state index in [9.17, 15) is 24.3 Å². The molecule has 0 radical (unpaired) electrons. The number of nitrogens with zero attached hydrogens (tertiary/aromatic N) is 3. The van der Waals surface area contributed by atoms with Gasteiger partial charge in [-0.15, -0.1) is 0 Å². The van der Waals surface area contributed by atoms with Crippen LogP contribution in [0.15, 0.2) is 66.7 Å². The maximum absolute atomic E-state index is 14.6. The fourth-order valence-corrected chi connectivity index (χ4v) is 8.10. The van der Waals surface area contributed by atoms with Crippen molar-refractivity contribution in [2.24, 2.45) is 11.8 Å². The zero-order valence-electron chi connectivity index (χ0n) is 29.8. The van der Waals surface area contributed by atoms with Crippen molar-refractivity contribution >= 4 is 34.6 Å². The molecule has 1 aliphatic carbocycles.